The first kappa shape index (κ1) is 7.38. The van der Waals surface area contributed by atoms with Crippen LogP contribution < -0.4 is 0 Å². The van der Waals surface area contributed by atoms with Gasteiger partial charge in [-0.2, -0.15) is 11.8 Å². The van der Waals surface area contributed by atoms with Gasteiger partial charge in [-0.15, -0.1) is 18.2 Å². The van der Waals surface area contributed by atoms with Crippen LogP contribution in [0.15, 0.2) is 12.7 Å². The summed E-state index contributed by atoms with van der Waals surface area (Å²) < 4.78 is 0. The van der Waals surface area contributed by atoms with Gasteiger partial charge in [-0.05, 0) is 6.26 Å². The lowest BCUT2D eigenvalue weighted by molar-refractivity contribution is 1.27. The molecule has 0 aromatic heterocycles. The zero-order chi connectivity index (χ0) is 5.70. The first-order valence-electron chi connectivity index (χ1n) is 2.06. The van der Waals surface area contributed by atoms with Crippen molar-refractivity contribution in [1.82, 2.24) is 0 Å². The average molecular weight is 137 g/mol. The summed E-state index contributed by atoms with van der Waals surface area (Å²) in [6.45, 7) is 3.60. The van der Waals surface area contributed by atoms with Gasteiger partial charge in [0.1, 0.15) is 0 Å². The van der Waals surface area contributed by atoms with Crippen molar-refractivity contribution < 1.29 is 0 Å². The highest BCUT2D eigenvalue weighted by Gasteiger charge is 1.94. The molecule has 0 bridgehead atoms. The Bertz CT molecular complexity index is 50.0. The normalized spacial score (nSPS) is 13.4. The molecule has 0 amide bonds. The van der Waals surface area contributed by atoms with Crippen LogP contribution in [0.25, 0.3) is 0 Å². The molecule has 42 valence electrons. The van der Waals surface area contributed by atoms with E-state index in [1.54, 1.807) is 11.8 Å². The fraction of sp³-hybridized carbons (Fsp3) is 0.600. The molecule has 0 aliphatic carbocycles. The zero-order valence-electron chi connectivity index (χ0n) is 4.36. The fourth-order valence-electron chi connectivity index (χ4n) is 0.222. The molecule has 0 saturated carbocycles. The molecule has 0 saturated heterocycles. The van der Waals surface area contributed by atoms with Gasteiger partial charge in [-0.25, -0.2) is 0 Å². The molecule has 0 spiro atoms. The van der Waals surface area contributed by atoms with Gasteiger partial charge in [-0.1, -0.05) is 6.08 Å². The van der Waals surface area contributed by atoms with Gasteiger partial charge in [0.05, 0.1) is 0 Å². The maximum Gasteiger partial charge on any atom is 0.0377 e. The zero-order valence-corrected chi connectivity index (χ0v) is 5.93. The summed E-state index contributed by atoms with van der Waals surface area (Å²) >= 11 is 7.20. The summed E-state index contributed by atoms with van der Waals surface area (Å²) in [5, 5.41) is 0.432. The molecule has 1 atom stereocenters. The Labute approximate surface area is 53.9 Å². The van der Waals surface area contributed by atoms with Crippen LogP contribution in [0.1, 0.15) is 0 Å². The van der Waals surface area contributed by atoms with Crippen molar-refractivity contribution in [3.8, 4) is 0 Å². The molecule has 1 unspecified atom stereocenters. The van der Waals surface area contributed by atoms with E-state index < -0.39 is 0 Å². The average Bonchev–Trinajstić information content (AvgIpc) is 1.72. The Balaban J connectivity index is 3.16. The van der Waals surface area contributed by atoms with Crippen molar-refractivity contribution in [1.29, 1.82) is 0 Å². The van der Waals surface area contributed by atoms with Crippen LogP contribution in [0.3, 0.4) is 0 Å². The first-order valence-corrected chi connectivity index (χ1v) is 3.88. The van der Waals surface area contributed by atoms with E-state index in [0.717, 1.165) is 0 Å². The second kappa shape index (κ2) is 4.54. The molecule has 0 fully saturated rings. The van der Waals surface area contributed by atoms with Crippen LogP contribution in [-0.2, 0) is 0 Å². The molecule has 0 aliphatic rings. The van der Waals surface area contributed by atoms with Gasteiger partial charge in [0.15, 0.2) is 0 Å². The summed E-state index contributed by atoms with van der Waals surface area (Å²) in [5.41, 5.74) is 0. The van der Waals surface area contributed by atoms with Crippen molar-refractivity contribution in [3.05, 3.63) is 12.7 Å². The van der Waals surface area contributed by atoms with Crippen LogP contribution in [0.2, 0.25) is 0 Å². The van der Waals surface area contributed by atoms with Gasteiger partial charge >= 0.3 is 0 Å². The van der Waals surface area contributed by atoms with Crippen LogP contribution >= 0.6 is 23.4 Å². The van der Waals surface area contributed by atoms with E-state index in [1.807, 2.05) is 12.3 Å². The number of rotatable bonds is 3. The Morgan fingerprint density at radius 2 is 2.57 bits per heavy atom. The minimum Gasteiger partial charge on any atom is -0.157 e. The maximum absolute atomic E-state index is 5.48. The lowest BCUT2D eigenvalue weighted by atomic mass is 10.5. The predicted octanol–water partition coefficient (Wildman–Crippen LogP) is 2.14. The molecule has 0 aromatic carbocycles. The predicted molar refractivity (Wildman–Crippen MR) is 38.2 cm³/mol. The van der Waals surface area contributed by atoms with E-state index in [-0.39, 0.29) is 0 Å². The topological polar surface area (TPSA) is 0 Å². The third-order valence-electron chi connectivity index (χ3n) is 0.718. The van der Waals surface area contributed by atoms with Crippen LogP contribution in [-0.4, -0.2) is 17.4 Å². The van der Waals surface area contributed by atoms with Gasteiger partial charge in [0.2, 0.25) is 0 Å². The Morgan fingerprint density at radius 1 is 2.00 bits per heavy atom. The maximum atomic E-state index is 5.48. The number of hydrogen-bond acceptors (Lipinski definition) is 1. The minimum absolute atomic E-state index is 0.432. The SMILES string of the molecule is C=CC(CCl)SC. The van der Waals surface area contributed by atoms with E-state index in [4.69, 9.17) is 11.6 Å². The Kier molecular flexibility index (Phi) is 4.78. The summed E-state index contributed by atoms with van der Waals surface area (Å²) in [5.74, 6) is 0.671. The van der Waals surface area contributed by atoms with Crippen molar-refractivity contribution in [3.63, 3.8) is 0 Å². The number of alkyl halides is 1. The summed E-state index contributed by atoms with van der Waals surface area (Å²) in [6, 6.07) is 0. The number of hydrogen-bond donors (Lipinski definition) is 0. The monoisotopic (exact) mass is 136 g/mol. The third kappa shape index (κ3) is 3.01. The number of thioether (sulfide) groups is 1. The van der Waals surface area contributed by atoms with E-state index in [9.17, 15) is 0 Å². The van der Waals surface area contributed by atoms with Gasteiger partial charge in [-0.3, -0.25) is 0 Å². The second-order valence-electron chi connectivity index (χ2n) is 1.16. The van der Waals surface area contributed by atoms with E-state index in [1.165, 1.54) is 0 Å². The van der Waals surface area contributed by atoms with Crippen molar-refractivity contribution in [2.24, 2.45) is 0 Å². The van der Waals surface area contributed by atoms with Crippen molar-refractivity contribution in [2.45, 2.75) is 5.25 Å². The molecular weight excluding hydrogens is 128 g/mol. The Morgan fingerprint density at radius 3 is 2.57 bits per heavy atom. The highest BCUT2D eigenvalue weighted by molar-refractivity contribution is 7.99. The van der Waals surface area contributed by atoms with Crippen molar-refractivity contribution >= 4 is 23.4 Å². The van der Waals surface area contributed by atoms with Gasteiger partial charge in [0, 0.05) is 11.1 Å². The van der Waals surface area contributed by atoms with Crippen LogP contribution in [0.4, 0.5) is 0 Å². The lowest BCUT2D eigenvalue weighted by Crippen LogP contribution is -1.96. The number of halogens is 1. The lowest BCUT2D eigenvalue weighted by Gasteiger charge is -1.99. The summed E-state index contributed by atoms with van der Waals surface area (Å²) in [7, 11) is 0. The molecular formula is C5H9ClS. The highest BCUT2D eigenvalue weighted by atomic mass is 35.5. The molecule has 0 aromatic rings. The van der Waals surface area contributed by atoms with E-state index in [2.05, 4.69) is 6.58 Å². The van der Waals surface area contributed by atoms with E-state index in [0.29, 0.717) is 11.1 Å². The van der Waals surface area contributed by atoms with E-state index >= 15 is 0 Å². The molecule has 0 aliphatic heterocycles. The molecule has 0 rings (SSSR count). The van der Waals surface area contributed by atoms with Crippen LogP contribution in [0, 0.1) is 0 Å². The quantitative estimate of drug-likeness (QED) is 0.423. The molecule has 0 radical (unpaired) electrons. The molecule has 0 nitrogen and oxygen atoms in total. The molecule has 7 heavy (non-hydrogen) atoms. The Hall–Kier alpha value is 0.380. The summed E-state index contributed by atoms with van der Waals surface area (Å²) in [4.78, 5) is 0. The van der Waals surface area contributed by atoms with Gasteiger partial charge in [0.25, 0.3) is 0 Å². The minimum atomic E-state index is 0.432. The smallest absolute Gasteiger partial charge is 0.0377 e. The molecule has 2 heteroatoms. The second-order valence-corrected chi connectivity index (χ2v) is 2.55. The standard InChI is InChI=1S/C5H9ClS/c1-3-5(4-6)7-2/h3,5H,1,4H2,2H3. The van der Waals surface area contributed by atoms with Crippen molar-refractivity contribution in [2.75, 3.05) is 12.1 Å². The molecule has 0 heterocycles. The first-order chi connectivity index (χ1) is 3.35. The fourth-order valence-corrected chi connectivity index (χ4v) is 1.04. The largest absolute Gasteiger partial charge is 0.157 e. The third-order valence-corrected chi connectivity index (χ3v) is 2.20. The van der Waals surface area contributed by atoms with Gasteiger partial charge < -0.3 is 0 Å². The highest BCUT2D eigenvalue weighted by Crippen LogP contribution is 2.07. The van der Waals surface area contributed by atoms with Crippen LogP contribution in [0.5, 0.6) is 0 Å². The molecule has 0 N–H and O–H groups in total. The summed E-state index contributed by atoms with van der Waals surface area (Å²) in [6.07, 6.45) is 3.88.